The summed E-state index contributed by atoms with van der Waals surface area (Å²) in [4.78, 5) is 29.5. The summed E-state index contributed by atoms with van der Waals surface area (Å²) in [6, 6.07) is -0.380. The van der Waals surface area contributed by atoms with Crippen molar-refractivity contribution in [3.8, 4) is 0 Å². The molecule has 1 aliphatic heterocycles. The van der Waals surface area contributed by atoms with Crippen LogP contribution >= 0.6 is 11.3 Å². The topological polar surface area (TPSA) is 70.5 Å². The molecule has 0 saturated carbocycles. The maximum atomic E-state index is 11.8. The van der Waals surface area contributed by atoms with E-state index in [4.69, 9.17) is 0 Å². The Hall–Kier alpha value is -1.43. The maximum absolute atomic E-state index is 11.8. The quantitative estimate of drug-likeness (QED) is 0.868. The third kappa shape index (κ3) is 2.31. The van der Waals surface area contributed by atoms with Crippen LogP contribution in [0.2, 0.25) is 0 Å². The summed E-state index contributed by atoms with van der Waals surface area (Å²) < 4.78 is 0. The summed E-state index contributed by atoms with van der Waals surface area (Å²) in [6.45, 7) is 0. The molecule has 0 aromatic carbocycles. The van der Waals surface area contributed by atoms with E-state index in [0.29, 0.717) is 19.3 Å². The fourth-order valence-corrected chi connectivity index (χ4v) is 3.08. The second-order valence-corrected chi connectivity index (χ2v) is 5.11. The maximum Gasteiger partial charge on any atom is 0.308 e. The molecule has 1 fully saturated rings. The van der Waals surface area contributed by atoms with E-state index >= 15 is 0 Å². The van der Waals surface area contributed by atoms with Crippen molar-refractivity contribution in [2.45, 2.75) is 25.3 Å². The first kappa shape index (κ1) is 12.0. The van der Waals surface area contributed by atoms with Crippen LogP contribution in [-0.4, -0.2) is 33.9 Å². The van der Waals surface area contributed by atoms with Crippen LogP contribution in [-0.2, 0) is 9.59 Å². The van der Waals surface area contributed by atoms with Gasteiger partial charge in [-0.1, -0.05) is 0 Å². The molecule has 1 aromatic heterocycles. The molecule has 2 heterocycles. The number of likely N-dealkylation sites (tertiary alicyclic amines) is 1. The van der Waals surface area contributed by atoms with E-state index in [9.17, 15) is 14.7 Å². The van der Waals surface area contributed by atoms with E-state index in [1.807, 2.05) is 0 Å². The number of rotatable bonds is 2. The summed E-state index contributed by atoms with van der Waals surface area (Å²) in [7, 11) is 1.67. The molecular weight excluding hydrogens is 240 g/mol. The molecule has 2 rings (SSSR count). The Kier molecular flexibility index (Phi) is 3.42. The second kappa shape index (κ2) is 4.83. The van der Waals surface area contributed by atoms with Crippen LogP contribution in [0, 0.1) is 5.92 Å². The van der Waals surface area contributed by atoms with Crippen molar-refractivity contribution in [2.24, 2.45) is 5.92 Å². The number of aromatic nitrogens is 1. The average molecular weight is 254 g/mol. The molecule has 5 nitrogen and oxygen atoms in total. The lowest BCUT2D eigenvalue weighted by molar-refractivity contribution is -0.145. The normalized spacial score (nSPS) is 25.7. The summed E-state index contributed by atoms with van der Waals surface area (Å²) in [5.41, 5.74) is 1.66. The lowest BCUT2D eigenvalue weighted by Gasteiger charge is -2.29. The first-order valence-electron chi connectivity index (χ1n) is 5.48. The number of carboxylic acid groups (broad SMARTS) is 1. The van der Waals surface area contributed by atoms with Crippen LogP contribution in [0.1, 0.15) is 30.2 Å². The molecule has 2 unspecified atom stereocenters. The molecule has 92 valence electrons. The highest BCUT2D eigenvalue weighted by atomic mass is 32.1. The van der Waals surface area contributed by atoms with Gasteiger partial charge in [0.1, 0.15) is 0 Å². The molecular formula is C11H14N2O3S. The Bertz CT molecular complexity index is 418. The number of carboxylic acids is 1. The Morgan fingerprint density at radius 1 is 1.65 bits per heavy atom. The monoisotopic (exact) mass is 254 g/mol. The van der Waals surface area contributed by atoms with Crippen molar-refractivity contribution in [1.82, 2.24) is 9.88 Å². The molecule has 1 aliphatic rings. The van der Waals surface area contributed by atoms with Gasteiger partial charge in [-0.3, -0.25) is 14.6 Å². The molecule has 1 aromatic rings. The third-order valence-corrected chi connectivity index (χ3v) is 4.00. The van der Waals surface area contributed by atoms with E-state index in [0.717, 1.165) is 4.88 Å². The molecule has 0 bridgehead atoms. The fraction of sp³-hybridized carbons (Fsp3) is 0.545. The number of thiazole rings is 1. The van der Waals surface area contributed by atoms with Gasteiger partial charge in [0.2, 0.25) is 5.91 Å². The van der Waals surface area contributed by atoms with Gasteiger partial charge < -0.3 is 10.0 Å². The average Bonchev–Trinajstić information content (AvgIpc) is 2.75. The van der Waals surface area contributed by atoms with Crippen LogP contribution in [0.15, 0.2) is 11.7 Å². The van der Waals surface area contributed by atoms with E-state index in [-0.39, 0.29) is 11.9 Å². The van der Waals surface area contributed by atoms with Crippen molar-refractivity contribution in [3.63, 3.8) is 0 Å². The lowest BCUT2D eigenvalue weighted by Crippen LogP contribution is -2.35. The van der Waals surface area contributed by atoms with E-state index in [1.54, 1.807) is 23.7 Å². The molecule has 0 aliphatic carbocycles. The van der Waals surface area contributed by atoms with Gasteiger partial charge in [0.05, 0.1) is 17.5 Å². The number of carbonyl (C=O) groups excluding carboxylic acids is 1. The number of aliphatic carboxylic acids is 1. The minimum atomic E-state index is -0.843. The van der Waals surface area contributed by atoms with Crippen molar-refractivity contribution >= 4 is 23.2 Å². The number of nitrogens with zero attached hydrogens (tertiary/aromatic N) is 2. The van der Waals surface area contributed by atoms with E-state index < -0.39 is 11.9 Å². The molecule has 0 spiro atoms. The summed E-state index contributed by atoms with van der Waals surface area (Å²) in [5, 5.41) is 9.28. The molecule has 1 saturated heterocycles. The van der Waals surface area contributed by atoms with Crippen LogP contribution < -0.4 is 0 Å². The minimum absolute atomic E-state index is 0.00662. The second-order valence-electron chi connectivity index (χ2n) is 4.19. The van der Waals surface area contributed by atoms with Crippen LogP contribution in [0.3, 0.4) is 0 Å². The van der Waals surface area contributed by atoms with Crippen molar-refractivity contribution in [2.75, 3.05) is 7.05 Å². The molecule has 2 atom stereocenters. The zero-order valence-electron chi connectivity index (χ0n) is 9.50. The van der Waals surface area contributed by atoms with Gasteiger partial charge in [-0.25, -0.2) is 0 Å². The van der Waals surface area contributed by atoms with Gasteiger partial charge >= 0.3 is 5.97 Å². The zero-order valence-corrected chi connectivity index (χ0v) is 10.3. The zero-order chi connectivity index (χ0) is 12.4. The predicted molar refractivity (Wildman–Crippen MR) is 62.6 cm³/mol. The minimum Gasteiger partial charge on any atom is -0.481 e. The number of amides is 1. The van der Waals surface area contributed by atoms with Crippen LogP contribution in [0.5, 0.6) is 0 Å². The Morgan fingerprint density at radius 2 is 2.41 bits per heavy atom. The first-order valence-corrected chi connectivity index (χ1v) is 6.36. The molecule has 1 N–H and O–H groups in total. The highest BCUT2D eigenvalue weighted by molar-refractivity contribution is 7.09. The van der Waals surface area contributed by atoms with Gasteiger partial charge in [-0.15, -0.1) is 11.3 Å². The van der Waals surface area contributed by atoms with E-state index in [2.05, 4.69) is 4.98 Å². The number of hydrogen-bond acceptors (Lipinski definition) is 4. The predicted octanol–water partition coefficient (Wildman–Crippen LogP) is 1.53. The smallest absolute Gasteiger partial charge is 0.308 e. The molecule has 0 radical (unpaired) electrons. The van der Waals surface area contributed by atoms with E-state index in [1.165, 1.54) is 11.3 Å². The summed E-state index contributed by atoms with van der Waals surface area (Å²) >= 11 is 1.40. The fourth-order valence-electron chi connectivity index (χ4n) is 2.25. The first-order chi connectivity index (χ1) is 8.11. The third-order valence-electron chi connectivity index (χ3n) is 3.16. The number of hydrogen-bond donors (Lipinski definition) is 1. The summed E-state index contributed by atoms with van der Waals surface area (Å²) in [5.74, 6) is -1.37. The van der Waals surface area contributed by atoms with Gasteiger partial charge in [0, 0.05) is 24.5 Å². The van der Waals surface area contributed by atoms with Gasteiger partial charge in [-0.2, -0.15) is 0 Å². The SMILES string of the molecule is CN1C(=O)CCCC(C(=O)O)C1c1cncs1. The van der Waals surface area contributed by atoms with Gasteiger partial charge in [-0.05, 0) is 12.8 Å². The Morgan fingerprint density at radius 3 is 3.00 bits per heavy atom. The van der Waals surface area contributed by atoms with Crippen molar-refractivity contribution in [1.29, 1.82) is 0 Å². The van der Waals surface area contributed by atoms with Crippen molar-refractivity contribution < 1.29 is 14.7 Å². The van der Waals surface area contributed by atoms with Crippen LogP contribution in [0.25, 0.3) is 0 Å². The highest BCUT2D eigenvalue weighted by Crippen LogP contribution is 2.36. The largest absolute Gasteiger partial charge is 0.481 e. The molecule has 1 amide bonds. The summed E-state index contributed by atoms with van der Waals surface area (Å²) in [6.07, 6.45) is 3.25. The Balaban J connectivity index is 2.37. The molecule has 17 heavy (non-hydrogen) atoms. The van der Waals surface area contributed by atoms with Gasteiger partial charge in [0.15, 0.2) is 0 Å². The van der Waals surface area contributed by atoms with Gasteiger partial charge in [0.25, 0.3) is 0 Å². The highest BCUT2D eigenvalue weighted by Gasteiger charge is 2.37. The number of carbonyl (C=O) groups is 2. The van der Waals surface area contributed by atoms with Crippen LogP contribution in [0.4, 0.5) is 0 Å². The molecule has 6 heteroatoms. The Labute approximate surface area is 103 Å². The standard InChI is InChI=1S/C11H14N2O3S/c1-13-9(14)4-2-3-7(11(15)16)10(13)8-5-12-6-17-8/h5-7,10H,2-4H2,1H3,(H,15,16). The lowest BCUT2D eigenvalue weighted by atomic mass is 9.94. The van der Waals surface area contributed by atoms with Crippen molar-refractivity contribution in [3.05, 3.63) is 16.6 Å².